The summed E-state index contributed by atoms with van der Waals surface area (Å²) in [5, 5.41) is 0. The molecule has 1 fully saturated rings. The van der Waals surface area contributed by atoms with Crippen LogP contribution in [0.15, 0.2) is 42.5 Å². The number of likely N-dealkylation sites (N-methyl/N-ethyl adjacent to an activating group) is 1. The van der Waals surface area contributed by atoms with Crippen LogP contribution < -0.4 is 4.74 Å². The summed E-state index contributed by atoms with van der Waals surface area (Å²) in [6.07, 6.45) is 1.98. The molecule has 2 aromatic carbocycles. The predicted molar refractivity (Wildman–Crippen MR) is 109 cm³/mol. The molecule has 4 nitrogen and oxygen atoms in total. The first-order valence-electron chi connectivity index (χ1n) is 9.86. The predicted octanol–water partition coefficient (Wildman–Crippen LogP) is 3.94. The molecule has 5 heteroatoms. The Morgan fingerprint density at radius 2 is 1.86 bits per heavy atom. The van der Waals surface area contributed by atoms with E-state index in [1.165, 1.54) is 17.2 Å². The molecule has 1 heterocycles. The fraction of sp³-hybridized carbons (Fsp3) is 0.435. The Hall–Kier alpha value is -2.40. The lowest BCUT2D eigenvalue weighted by Gasteiger charge is -2.32. The highest BCUT2D eigenvalue weighted by atomic mass is 19.1. The van der Waals surface area contributed by atoms with Gasteiger partial charge in [0.25, 0.3) is 0 Å². The van der Waals surface area contributed by atoms with E-state index in [2.05, 4.69) is 30.9 Å². The van der Waals surface area contributed by atoms with Gasteiger partial charge in [0.05, 0.1) is 6.54 Å². The van der Waals surface area contributed by atoms with Gasteiger partial charge in [0.2, 0.25) is 5.91 Å². The largest absolute Gasteiger partial charge is 0.490 e. The molecule has 1 aliphatic rings. The van der Waals surface area contributed by atoms with Crippen molar-refractivity contribution in [3.8, 4) is 5.75 Å². The fourth-order valence-corrected chi connectivity index (χ4v) is 3.45. The van der Waals surface area contributed by atoms with E-state index in [9.17, 15) is 9.18 Å². The van der Waals surface area contributed by atoms with Gasteiger partial charge in [-0.1, -0.05) is 24.3 Å². The number of aryl methyl sites for hydroxylation is 2. The number of amides is 1. The topological polar surface area (TPSA) is 32.8 Å². The molecule has 1 aliphatic heterocycles. The molecule has 0 aromatic heterocycles. The van der Waals surface area contributed by atoms with Gasteiger partial charge in [-0.2, -0.15) is 0 Å². The van der Waals surface area contributed by atoms with Crippen LogP contribution in [0, 0.1) is 19.7 Å². The molecule has 0 spiro atoms. The summed E-state index contributed by atoms with van der Waals surface area (Å²) in [6, 6.07) is 12.8. The Morgan fingerprint density at radius 3 is 2.54 bits per heavy atom. The molecule has 0 atom stereocenters. The Kier molecular flexibility index (Phi) is 6.68. The molecular weight excluding hydrogens is 355 g/mol. The zero-order valence-electron chi connectivity index (χ0n) is 17.0. The van der Waals surface area contributed by atoms with Gasteiger partial charge in [0.15, 0.2) is 0 Å². The van der Waals surface area contributed by atoms with Crippen LogP contribution >= 0.6 is 0 Å². The van der Waals surface area contributed by atoms with E-state index in [1.54, 1.807) is 30.1 Å². The molecule has 150 valence electrons. The zero-order valence-corrected chi connectivity index (χ0v) is 17.0. The maximum atomic E-state index is 13.8. The first-order valence-corrected chi connectivity index (χ1v) is 9.86. The second kappa shape index (κ2) is 9.20. The van der Waals surface area contributed by atoms with Crippen LogP contribution in [0.3, 0.4) is 0 Å². The number of hydrogen-bond donors (Lipinski definition) is 0. The van der Waals surface area contributed by atoms with Crippen molar-refractivity contribution in [1.82, 2.24) is 9.80 Å². The smallest absolute Gasteiger partial charge is 0.236 e. The number of benzene rings is 2. The number of ether oxygens (including phenoxy) is 1. The molecule has 0 saturated carbocycles. The maximum absolute atomic E-state index is 13.8. The van der Waals surface area contributed by atoms with Gasteiger partial charge in [-0.15, -0.1) is 0 Å². The molecular formula is C23H29FN2O2. The summed E-state index contributed by atoms with van der Waals surface area (Å²) in [5.74, 6) is 0.658. The third-order valence-corrected chi connectivity index (χ3v) is 5.47. The van der Waals surface area contributed by atoms with E-state index in [4.69, 9.17) is 4.74 Å². The minimum Gasteiger partial charge on any atom is -0.490 e. The molecule has 0 bridgehead atoms. The van der Waals surface area contributed by atoms with Crippen LogP contribution in [0.2, 0.25) is 0 Å². The highest BCUT2D eigenvalue weighted by molar-refractivity contribution is 5.78. The van der Waals surface area contributed by atoms with Crippen LogP contribution in [0.25, 0.3) is 0 Å². The molecule has 0 unspecified atom stereocenters. The normalized spacial score (nSPS) is 15.4. The van der Waals surface area contributed by atoms with Gasteiger partial charge in [0, 0.05) is 32.2 Å². The lowest BCUT2D eigenvalue weighted by Crippen LogP contribution is -2.44. The summed E-state index contributed by atoms with van der Waals surface area (Å²) in [4.78, 5) is 16.2. The number of halogens is 1. The van der Waals surface area contributed by atoms with E-state index >= 15 is 0 Å². The van der Waals surface area contributed by atoms with Gasteiger partial charge < -0.3 is 9.64 Å². The van der Waals surface area contributed by atoms with Crippen molar-refractivity contribution < 1.29 is 13.9 Å². The summed E-state index contributed by atoms with van der Waals surface area (Å²) < 4.78 is 19.9. The Labute approximate surface area is 166 Å². The van der Waals surface area contributed by atoms with Crippen molar-refractivity contribution >= 4 is 5.91 Å². The number of carbonyl (C=O) groups excluding carboxylic acids is 1. The third kappa shape index (κ3) is 5.32. The summed E-state index contributed by atoms with van der Waals surface area (Å²) >= 11 is 0. The van der Waals surface area contributed by atoms with Crippen LogP contribution in [0.5, 0.6) is 5.75 Å². The maximum Gasteiger partial charge on any atom is 0.236 e. The second-order valence-electron chi connectivity index (χ2n) is 7.68. The van der Waals surface area contributed by atoms with Gasteiger partial charge >= 0.3 is 0 Å². The van der Waals surface area contributed by atoms with E-state index < -0.39 is 0 Å². The Balaban J connectivity index is 1.45. The van der Waals surface area contributed by atoms with E-state index in [0.29, 0.717) is 12.1 Å². The van der Waals surface area contributed by atoms with Gasteiger partial charge in [-0.3, -0.25) is 9.69 Å². The molecule has 2 aromatic rings. The lowest BCUT2D eigenvalue weighted by atomic mass is 10.1. The molecule has 1 saturated heterocycles. The van der Waals surface area contributed by atoms with Crippen molar-refractivity contribution in [3.63, 3.8) is 0 Å². The van der Waals surface area contributed by atoms with Crippen molar-refractivity contribution in [3.05, 3.63) is 65.0 Å². The first kappa shape index (κ1) is 20.3. The monoisotopic (exact) mass is 384 g/mol. The minimum absolute atomic E-state index is 0.0109. The van der Waals surface area contributed by atoms with Crippen LogP contribution in [0.4, 0.5) is 4.39 Å². The molecule has 28 heavy (non-hydrogen) atoms. The van der Waals surface area contributed by atoms with Crippen LogP contribution in [0.1, 0.15) is 29.5 Å². The van der Waals surface area contributed by atoms with Crippen LogP contribution in [-0.4, -0.2) is 48.5 Å². The average molecular weight is 384 g/mol. The Morgan fingerprint density at radius 1 is 1.14 bits per heavy atom. The first-order chi connectivity index (χ1) is 13.4. The molecule has 0 N–H and O–H groups in total. The quantitative estimate of drug-likeness (QED) is 0.756. The van der Waals surface area contributed by atoms with Gasteiger partial charge in [0.1, 0.15) is 17.7 Å². The molecule has 3 rings (SSSR count). The van der Waals surface area contributed by atoms with E-state index in [-0.39, 0.29) is 24.4 Å². The van der Waals surface area contributed by atoms with Gasteiger partial charge in [-0.05, 0) is 56.0 Å². The summed E-state index contributed by atoms with van der Waals surface area (Å²) in [6.45, 7) is 6.49. The number of carbonyl (C=O) groups is 1. The summed E-state index contributed by atoms with van der Waals surface area (Å²) in [7, 11) is 1.73. The van der Waals surface area contributed by atoms with Gasteiger partial charge in [-0.25, -0.2) is 4.39 Å². The minimum atomic E-state index is -0.272. The number of piperidine rings is 1. The molecule has 0 aliphatic carbocycles. The number of hydrogen-bond acceptors (Lipinski definition) is 3. The second-order valence-corrected chi connectivity index (χ2v) is 7.68. The van der Waals surface area contributed by atoms with Crippen molar-refractivity contribution in [2.45, 2.75) is 39.3 Å². The molecule has 1 amide bonds. The summed E-state index contributed by atoms with van der Waals surface area (Å²) in [5.41, 5.74) is 3.04. The number of likely N-dealkylation sites (tertiary alicyclic amines) is 1. The molecule has 0 radical (unpaired) electrons. The third-order valence-electron chi connectivity index (χ3n) is 5.47. The SMILES string of the molecule is Cc1ccc(OC2CCN(CC(=O)N(C)Cc3ccccc3F)CC2)cc1C. The fourth-order valence-electron chi connectivity index (χ4n) is 3.45. The van der Waals surface area contributed by atoms with E-state index in [0.717, 1.165) is 31.7 Å². The van der Waals surface area contributed by atoms with Crippen molar-refractivity contribution in [2.75, 3.05) is 26.7 Å². The van der Waals surface area contributed by atoms with Crippen LogP contribution in [-0.2, 0) is 11.3 Å². The zero-order chi connectivity index (χ0) is 20.1. The average Bonchev–Trinajstić information content (AvgIpc) is 2.68. The van der Waals surface area contributed by atoms with Crippen molar-refractivity contribution in [1.29, 1.82) is 0 Å². The van der Waals surface area contributed by atoms with Crippen molar-refractivity contribution in [2.24, 2.45) is 0 Å². The Bertz CT molecular complexity index is 816. The number of rotatable bonds is 6. The number of nitrogens with zero attached hydrogens (tertiary/aromatic N) is 2. The van der Waals surface area contributed by atoms with E-state index in [1.807, 2.05) is 6.07 Å². The lowest BCUT2D eigenvalue weighted by molar-refractivity contribution is -0.132. The highest BCUT2D eigenvalue weighted by Crippen LogP contribution is 2.22. The highest BCUT2D eigenvalue weighted by Gasteiger charge is 2.23. The standard InChI is InChI=1S/C23H29FN2O2/c1-17-8-9-21(14-18(17)2)28-20-10-12-26(13-11-20)16-23(27)25(3)15-19-6-4-5-7-22(19)24/h4-9,14,20H,10-13,15-16H2,1-3H3.